The maximum Gasteiger partial charge on any atom is 0.102 e. The van der Waals surface area contributed by atoms with Crippen molar-refractivity contribution in [3.8, 4) is 0 Å². The van der Waals surface area contributed by atoms with E-state index in [-0.39, 0.29) is 12.0 Å². The van der Waals surface area contributed by atoms with Gasteiger partial charge in [0, 0.05) is 12.0 Å². The van der Waals surface area contributed by atoms with Gasteiger partial charge in [0.05, 0.1) is 6.61 Å². The minimum atomic E-state index is -0.786. The molecule has 17 heavy (non-hydrogen) atoms. The lowest BCUT2D eigenvalue weighted by atomic mass is 9.78. The lowest BCUT2D eigenvalue weighted by Crippen LogP contribution is -2.32. The van der Waals surface area contributed by atoms with E-state index in [4.69, 9.17) is 10.8 Å². The van der Waals surface area contributed by atoms with E-state index in [1.807, 2.05) is 18.2 Å². The van der Waals surface area contributed by atoms with Gasteiger partial charge in [-0.15, -0.1) is 0 Å². The Balaban J connectivity index is 2.31. The first-order valence-electron chi connectivity index (χ1n) is 6.31. The highest BCUT2D eigenvalue weighted by atomic mass is 16.3. The van der Waals surface area contributed by atoms with Crippen molar-refractivity contribution in [1.82, 2.24) is 0 Å². The Bertz CT molecular complexity index is 372. The van der Waals surface area contributed by atoms with Crippen LogP contribution in [0.15, 0.2) is 24.3 Å². The summed E-state index contributed by atoms with van der Waals surface area (Å²) >= 11 is 0. The number of hydrogen-bond donors (Lipinski definition) is 3. The second-order valence-corrected chi connectivity index (χ2v) is 5.02. The molecule has 3 nitrogen and oxygen atoms in total. The Morgan fingerprint density at radius 1 is 1.29 bits per heavy atom. The van der Waals surface area contributed by atoms with E-state index >= 15 is 0 Å². The van der Waals surface area contributed by atoms with E-state index in [9.17, 15) is 5.11 Å². The molecule has 0 amide bonds. The second-order valence-electron chi connectivity index (χ2n) is 5.02. The van der Waals surface area contributed by atoms with Crippen LogP contribution >= 0.6 is 0 Å². The molecule has 3 heteroatoms. The van der Waals surface area contributed by atoms with Gasteiger partial charge < -0.3 is 15.9 Å². The molecule has 0 aliphatic heterocycles. The van der Waals surface area contributed by atoms with Gasteiger partial charge in [0.1, 0.15) is 6.10 Å². The fourth-order valence-electron chi connectivity index (χ4n) is 2.84. The normalized spacial score (nSPS) is 20.4. The number of benzene rings is 1. The fourth-order valence-corrected chi connectivity index (χ4v) is 2.84. The number of aliphatic hydroxyl groups is 2. The maximum atomic E-state index is 9.67. The van der Waals surface area contributed by atoms with Crippen LogP contribution in [-0.4, -0.2) is 23.4 Å². The highest BCUT2D eigenvalue weighted by Gasteiger charge is 2.34. The van der Waals surface area contributed by atoms with E-state index in [0.29, 0.717) is 6.54 Å². The first kappa shape index (κ1) is 12.6. The molecule has 0 spiro atoms. The van der Waals surface area contributed by atoms with E-state index in [0.717, 1.165) is 18.4 Å². The molecule has 0 saturated heterocycles. The van der Waals surface area contributed by atoms with Crippen molar-refractivity contribution in [1.29, 1.82) is 0 Å². The van der Waals surface area contributed by atoms with Crippen LogP contribution in [0.4, 0.5) is 0 Å². The molecule has 0 bridgehead atoms. The zero-order chi connectivity index (χ0) is 12.3. The molecule has 1 unspecified atom stereocenters. The van der Waals surface area contributed by atoms with Gasteiger partial charge >= 0.3 is 0 Å². The SMILES string of the molecule is NCC1(c2cccc(C(O)CO)c2)CCCC1. The lowest BCUT2D eigenvalue weighted by Gasteiger charge is -2.28. The molecule has 94 valence electrons. The predicted molar refractivity (Wildman–Crippen MR) is 67.7 cm³/mol. The number of hydrogen-bond acceptors (Lipinski definition) is 3. The summed E-state index contributed by atoms with van der Waals surface area (Å²) in [6, 6.07) is 7.88. The lowest BCUT2D eigenvalue weighted by molar-refractivity contribution is 0.0955. The average molecular weight is 235 g/mol. The molecule has 0 heterocycles. The van der Waals surface area contributed by atoms with Gasteiger partial charge in [-0.25, -0.2) is 0 Å². The predicted octanol–water partition coefficient (Wildman–Crippen LogP) is 1.48. The monoisotopic (exact) mass is 235 g/mol. The highest BCUT2D eigenvalue weighted by molar-refractivity contribution is 5.32. The number of rotatable bonds is 4. The van der Waals surface area contributed by atoms with Gasteiger partial charge in [0.2, 0.25) is 0 Å². The van der Waals surface area contributed by atoms with Crippen LogP contribution in [0.3, 0.4) is 0 Å². The topological polar surface area (TPSA) is 66.5 Å². The molecule has 0 aromatic heterocycles. The third-order valence-electron chi connectivity index (χ3n) is 4.01. The van der Waals surface area contributed by atoms with Gasteiger partial charge in [-0.1, -0.05) is 37.1 Å². The van der Waals surface area contributed by atoms with Crippen molar-refractivity contribution in [2.24, 2.45) is 5.73 Å². The van der Waals surface area contributed by atoms with Crippen LogP contribution < -0.4 is 5.73 Å². The van der Waals surface area contributed by atoms with Crippen LogP contribution in [0.1, 0.15) is 42.9 Å². The Labute approximate surface area is 102 Å². The molecule has 1 atom stereocenters. The molecule has 4 N–H and O–H groups in total. The number of aliphatic hydroxyl groups excluding tert-OH is 2. The minimum Gasteiger partial charge on any atom is -0.393 e. The quantitative estimate of drug-likeness (QED) is 0.740. The smallest absolute Gasteiger partial charge is 0.102 e. The highest BCUT2D eigenvalue weighted by Crippen LogP contribution is 2.40. The van der Waals surface area contributed by atoms with Crippen molar-refractivity contribution in [2.75, 3.05) is 13.2 Å². The summed E-state index contributed by atoms with van der Waals surface area (Å²) in [5.74, 6) is 0. The van der Waals surface area contributed by atoms with Crippen LogP contribution in [0, 0.1) is 0 Å². The number of nitrogens with two attached hydrogens (primary N) is 1. The zero-order valence-corrected chi connectivity index (χ0v) is 10.1. The first-order valence-corrected chi connectivity index (χ1v) is 6.31. The first-order chi connectivity index (χ1) is 8.22. The summed E-state index contributed by atoms with van der Waals surface area (Å²) in [4.78, 5) is 0. The van der Waals surface area contributed by atoms with Crippen molar-refractivity contribution >= 4 is 0 Å². The molecule has 1 aromatic carbocycles. The summed E-state index contributed by atoms with van der Waals surface area (Å²) in [6.45, 7) is 0.421. The van der Waals surface area contributed by atoms with Gasteiger partial charge in [-0.2, -0.15) is 0 Å². The Kier molecular flexibility index (Phi) is 3.82. The van der Waals surface area contributed by atoms with Gasteiger partial charge in [0.15, 0.2) is 0 Å². The summed E-state index contributed by atoms with van der Waals surface area (Å²) < 4.78 is 0. The largest absolute Gasteiger partial charge is 0.393 e. The van der Waals surface area contributed by atoms with Crippen molar-refractivity contribution in [3.63, 3.8) is 0 Å². The Hall–Kier alpha value is -0.900. The minimum absolute atomic E-state index is 0.0885. The molecule has 1 aliphatic rings. The van der Waals surface area contributed by atoms with Crippen LogP contribution in [0.5, 0.6) is 0 Å². The molecular formula is C14H21NO2. The zero-order valence-electron chi connectivity index (χ0n) is 10.1. The van der Waals surface area contributed by atoms with Gasteiger partial charge in [-0.3, -0.25) is 0 Å². The van der Waals surface area contributed by atoms with E-state index in [2.05, 4.69) is 6.07 Å². The van der Waals surface area contributed by atoms with Crippen LogP contribution in [-0.2, 0) is 5.41 Å². The summed E-state index contributed by atoms with van der Waals surface area (Å²) in [6.07, 6.45) is 3.92. The molecule has 0 radical (unpaired) electrons. The molecular weight excluding hydrogens is 214 g/mol. The molecule has 1 aliphatic carbocycles. The second kappa shape index (κ2) is 5.17. The van der Waals surface area contributed by atoms with E-state index < -0.39 is 6.10 Å². The molecule has 2 rings (SSSR count). The molecule has 1 aromatic rings. The summed E-state index contributed by atoms with van der Waals surface area (Å²) in [5.41, 5.74) is 8.03. The molecule has 1 saturated carbocycles. The average Bonchev–Trinajstić information content (AvgIpc) is 2.88. The van der Waals surface area contributed by atoms with E-state index in [1.54, 1.807) is 0 Å². The Morgan fingerprint density at radius 3 is 2.59 bits per heavy atom. The summed E-state index contributed by atoms with van der Waals surface area (Å²) in [7, 11) is 0. The van der Waals surface area contributed by atoms with Gasteiger partial charge in [0.25, 0.3) is 0 Å². The standard InChI is InChI=1S/C14H21NO2/c15-10-14(6-1-2-7-14)12-5-3-4-11(8-12)13(17)9-16/h3-5,8,13,16-17H,1-2,6-7,9-10,15H2. The summed E-state index contributed by atoms with van der Waals surface area (Å²) in [5, 5.41) is 18.7. The molecule has 1 fully saturated rings. The Morgan fingerprint density at radius 2 is 2.00 bits per heavy atom. The van der Waals surface area contributed by atoms with Crippen molar-refractivity contribution in [2.45, 2.75) is 37.2 Å². The van der Waals surface area contributed by atoms with Crippen molar-refractivity contribution < 1.29 is 10.2 Å². The maximum absolute atomic E-state index is 9.67. The van der Waals surface area contributed by atoms with E-state index in [1.165, 1.54) is 18.4 Å². The van der Waals surface area contributed by atoms with Gasteiger partial charge in [-0.05, 0) is 24.0 Å². The third kappa shape index (κ3) is 2.37. The fraction of sp³-hybridized carbons (Fsp3) is 0.571. The van der Waals surface area contributed by atoms with Crippen molar-refractivity contribution in [3.05, 3.63) is 35.4 Å². The van der Waals surface area contributed by atoms with Crippen LogP contribution in [0.25, 0.3) is 0 Å². The van der Waals surface area contributed by atoms with Crippen LogP contribution in [0.2, 0.25) is 0 Å². The third-order valence-corrected chi connectivity index (χ3v) is 4.01.